The van der Waals surface area contributed by atoms with E-state index in [1.54, 1.807) is 13.0 Å². The van der Waals surface area contributed by atoms with Crippen molar-refractivity contribution in [3.63, 3.8) is 0 Å². The first-order valence-electron chi connectivity index (χ1n) is 5.48. The number of hydrogen-bond acceptors (Lipinski definition) is 3. The van der Waals surface area contributed by atoms with E-state index in [1.165, 1.54) is 6.07 Å². The molecule has 0 atom stereocenters. The van der Waals surface area contributed by atoms with E-state index in [9.17, 15) is 13.5 Å². The van der Waals surface area contributed by atoms with Crippen LogP contribution in [0.2, 0.25) is 5.02 Å². The van der Waals surface area contributed by atoms with E-state index < -0.39 is 10.2 Å². The Bertz CT molecular complexity index is 529. The standard InChI is InChI=1S/C11H17ClN2O3S/c1-7(2)6-13-18(16,17)14-10-5-9(12)4-8(3)11(10)15/h4-5,7,13-15H,6H2,1-3H3. The van der Waals surface area contributed by atoms with Crippen molar-refractivity contribution >= 4 is 27.5 Å². The van der Waals surface area contributed by atoms with E-state index in [-0.39, 0.29) is 17.4 Å². The summed E-state index contributed by atoms with van der Waals surface area (Å²) in [5.41, 5.74) is 0.570. The van der Waals surface area contributed by atoms with Gasteiger partial charge in [0.2, 0.25) is 0 Å². The van der Waals surface area contributed by atoms with Gasteiger partial charge in [-0.15, -0.1) is 0 Å². The van der Waals surface area contributed by atoms with Gasteiger partial charge < -0.3 is 5.11 Å². The van der Waals surface area contributed by atoms with Crippen LogP contribution in [0.15, 0.2) is 12.1 Å². The van der Waals surface area contributed by atoms with Gasteiger partial charge in [0.25, 0.3) is 10.2 Å². The van der Waals surface area contributed by atoms with E-state index in [0.29, 0.717) is 17.1 Å². The maximum absolute atomic E-state index is 11.7. The molecule has 7 heteroatoms. The molecular weight excluding hydrogens is 276 g/mol. The summed E-state index contributed by atoms with van der Waals surface area (Å²) in [4.78, 5) is 0. The van der Waals surface area contributed by atoms with Gasteiger partial charge >= 0.3 is 0 Å². The molecule has 0 fully saturated rings. The van der Waals surface area contributed by atoms with Crippen LogP contribution >= 0.6 is 11.6 Å². The molecule has 0 spiro atoms. The first-order valence-corrected chi connectivity index (χ1v) is 7.34. The molecule has 1 aromatic rings. The van der Waals surface area contributed by atoms with Crippen LogP contribution in [-0.4, -0.2) is 20.1 Å². The number of halogens is 1. The van der Waals surface area contributed by atoms with Crippen LogP contribution in [0.4, 0.5) is 5.69 Å². The van der Waals surface area contributed by atoms with E-state index in [1.807, 2.05) is 13.8 Å². The van der Waals surface area contributed by atoms with Crippen molar-refractivity contribution in [3.8, 4) is 5.75 Å². The number of phenolic OH excluding ortho intramolecular Hbond substituents is 1. The van der Waals surface area contributed by atoms with Gasteiger partial charge in [0.05, 0.1) is 5.69 Å². The first kappa shape index (κ1) is 15.1. The third-order valence-electron chi connectivity index (χ3n) is 2.19. The van der Waals surface area contributed by atoms with E-state index >= 15 is 0 Å². The predicted molar refractivity (Wildman–Crippen MR) is 73.2 cm³/mol. The normalized spacial score (nSPS) is 11.8. The second kappa shape index (κ2) is 5.77. The summed E-state index contributed by atoms with van der Waals surface area (Å²) in [5, 5.41) is 10.1. The molecule has 5 nitrogen and oxygen atoms in total. The lowest BCUT2D eigenvalue weighted by atomic mass is 10.2. The van der Waals surface area contributed by atoms with Crippen molar-refractivity contribution in [3.05, 3.63) is 22.7 Å². The van der Waals surface area contributed by atoms with Crippen molar-refractivity contribution in [1.82, 2.24) is 4.72 Å². The lowest BCUT2D eigenvalue weighted by Gasteiger charge is -2.13. The molecule has 0 aliphatic rings. The number of aryl methyl sites for hydroxylation is 1. The van der Waals surface area contributed by atoms with Crippen LogP contribution < -0.4 is 9.44 Å². The second-order valence-corrected chi connectivity index (χ2v) is 6.40. The Morgan fingerprint density at radius 2 is 2.00 bits per heavy atom. The van der Waals surface area contributed by atoms with Gasteiger partial charge in [-0.25, -0.2) is 0 Å². The third kappa shape index (κ3) is 4.36. The number of aromatic hydroxyl groups is 1. The second-order valence-electron chi connectivity index (χ2n) is 4.47. The van der Waals surface area contributed by atoms with Gasteiger partial charge in [0, 0.05) is 11.6 Å². The molecule has 0 saturated carbocycles. The molecule has 3 N–H and O–H groups in total. The molecule has 0 bridgehead atoms. The molecule has 18 heavy (non-hydrogen) atoms. The summed E-state index contributed by atoms with van der Waals surface area (Å²) >= 11 is 5.81. The smallest absolute Gasteiger partial charge is 0.299 e. The van der Waals surface area contributed by atoms with Crippen LogP contribution in [0.5, 0.6) is 5.75 Å². The minimum atomic E-state index is -3.70. The molecule has 0 amide bonds. The van der Waals surface area contributed by atoms with Crippen LogP contribution in [-0.2, 0) is 10.2 Å². The van der Waals surface area contributed by atoms with Gasteiger partial charge in [-0.1, -0.05) is 25.4 Å². The first-order chi connectivity index (χ1) is 8.21. The van der Waals surface area contributed by atoms with Crippen molar-refractivity contribution < 1.29 is 13.5 Å². The SMILES string of the molecule is Cc1cc(Cl)cc(NS(=O)(=O)NCC(C)C)c1O. The van der Waals surface area contributed by atoms with Gasteiger partial charge in [0.1, 0.15) is 5.75 Å². The predicted octanol–water partition coefficient (Wildman–Crippen LogP) is 2.26. The number of benzene rings is 1. The molecule has 0 aromatic heterocycles. The summed E-state index contributed by atoms with van der Waals surface area (Å²) in [6, 6.07) is 2.91. The number of phenols is 1. The van der Waals surface area contributed by atoms with Crippen LogP contribution in [0, 0.1) is 12.8 Å². The Morgan fingerprint density at radius 3 is 2.56 bits per heavy atom. The summed E-state index contributed by atoms with van der Waals surface area (Å²) in [5.74, 6) is 0.0607. The van der Waals surface area contributed by atoms with Gasteiger partial charge in [-0.2, -0.15) is 13.1 Å². The average molecular weight is 293 g/mol. The fraction of sp³-hybridized carbons (Fsp3) is 0.455. The van der Waals surface area contributed by atoms with Crippen molar-refractivity contribution in [2.45, 2.75) is 20.8 Å². The molecule has 0 aliphatic heterocycles. The van der Waals surface area contributed by atoms with E-state index in [0.717, 1.165) is 0 Å². The Labute approximate surface area is 112 Å². The maximum atomic E-state index is 11.7. The van der Waals surface area contributed by atoms with Crippen molar-refractivity contribution in [2.75, 3.05) is 11.3 Å². The monoisotopic (exact) mass is 292 g/mol. The van der Waals surface area contributed by atoms with E-state index in [4.69, 9.17) is 11.6 Å². The topological polar surface area (TPSA) is 78.4 Å². The summed E-state index contributed by atoms with van der Waals surface area (Å²) in [7, 11) is -3.70. The highest BCUT2D eigenvalue weighted by molar-refractivity contribution is 7.90. The minimum absolute atomic E-state index is 0.0660. The quantitative estimate of drug-likeness (QED) is 0.728. The molecular formula is C11H17ClN2O3S. The molecule has 1 aromatic carbocycles. The van der Waals surface area contributed by atoms with Gasteiger partial charge in [-0.3, -0.25) is 4.72 Å². The Balaban J connectivity index is 2.91. The van der Waals surface area contributed by atoms with Crippen LogP contribution in [0.25, 0.3) is 0 Å². The van der Waals surface area contributed by atoms with Gasteiger partial charge in [-0.05, 0) is 30.5 Å². The van der Waals surface area contributed by atoms with Crippen molar-refractivity contribution in [2.24, 2.45) is 5.92 Å². The number of nitrogens with one attached hydrogen (secondary N) is 2. The van der Waals surface area contributed by atoms with Crippen LogP contribution in [0.1, 0.15) is 19.4 Å². The highest BCUT2D eigenvalue weighted by Crippen LogP contribution is 2.31. The Kier molecular flexibility index (Phi) is 4.84. The zero-order valence-electron chi connectivity index (χ0n) is 10.5. The molecule has 0 aliphatic carbocycles. The summed E-state index contributed by atoms with van der Waals surface area (Å²) in [6.07, 6.45) is 0. The highest BCUT2D eigenvalue weighted by Gasteiger charge is 2.14. The lowest BCUT2D eigenvalue weighted by molar-refractivity contribution is 0.473. The molecule has 1 rings (SSSR count). The zero-order valence-corrected chi connectivity index (χ0v) is 12.1. The molecule has 102 valence electrons. The molecule has 0 radical (unpaired) electrons. The molecule has 0 saturated heterocycles. The van der Waals surface area contributed by atoms with Gasteiger partial charge in [0.15, 0.2) is 0 Å². The molecule has 0 unspecified atom stereocenters. The lowest BCUT2D eigenvalue weighted by Crippen LogP contribution is -2.32. The average Bonchev–Trinajstić information content (AvgIpc) is 2.22. The number of rotatable bonds is 5. The number of hydrogen-bond donors (Lipinski definition) is 3. The van der Waals surface area contributed by atoms with E-state index in [2.05, 4.69) is 9.44 Å². The highest BCUT2D eigenvalue weighted by atomic mass is 35.5. The maximum Gasteiger partial charge on any atom is 0.299 e. The fourth-order valence-corrected chi connectivity index (χ4v) is 2.61. The number of anilines is 1. The minimum Gasteiger partial charge on any atom is -0.505 e. The van der Waals surface area contributed by atoms with Crippen LogP contribution in [0.3, 0.4) is 0 Å². The summed E-state index contributed by atoms with van der Waals surface area (Å²) in [6.45, 7) is 5.74. The third-order valence-corrected chi connectivity index (χ3v) is 3.44. The molecule has 0 heterocycles. The Morgan fingerprint density at radius 1 is 1.39 bits per heavy atom. The van der Waals surface area contributed by atoms with Crippen molar-refractivity contribution in [1.29, 1.82) is 0 Å². The Hall–Kier alpha value is -0.980. The largest absolute Gasteiger partial charge is 0.505 e. The fourth-order valence-electron chi connectivity index (χ4n) is 1.27. The zero-order chi connectivity index (χ0) is 13.9. The summed E-state index contributed by atoms with van der Waals surface area (Å²) < 4.78 is 28.0.